The molecule has 1 spiro atoms. The normalized spacial score (nSPS) is 25.4. The molecule has 3 aliphatic heterocycles. The molecule has 1 unspecified atom stereocenters. The van der Waals surface area contributed by atoms with Crippen LogP contribution in [0.25, 0.3) is 0 Å². The fourth-order valence-electron chi connectivity index (χ4n) is 4.52. The van der Waals surface area contributed by atoms with Crippen molar-refractivity contribution in [3.8, 4) is 0 Å². The van der Waals surface area contributed by atoms with E-state index in [1.807, 2.05) is 6.07 Å². The van der Waals surface area contributed by atoms with Crippen LogP contribution in [0.3, 0.4) is 0 Å². The molecule has 1 aromatic rings. The molecule has 1 aromatic heterocycles. The minimum Gasteiger partial charge on any atom is -0.391 e. The lowest BCUT2D eigenvalue weighted by molar-refractivity contribution is -0.123. The Balaban J connectivity index is 1.52. The number of aliphatic hydroxyl groups is 1. The number of amides is 2. The molecule has 0 aromatic carbocycles. The van der Waals surface area contributed by atoms with E-state index in [2.05, 4.69) is 4.90 Å². The fraction of sp³-hybridized carbons (Fsp3) is 0.684. The topological polar surface area (TPSA) is 96.1 Å². The first-order valence-electron chi connectivity index (χ1n) is 9.72. The number of carbonyl (C=O) groups is 2. The molecule has 0 saturated carbocycles. The van der Waals surface area contributed by atoms with Crippen LogP contribution in [0.15, 0.2) is 6.07 Å². The lowest BCUT2D eigenvalue weighted by Gasteiger charge is -2.43. The third-order valence-electron chi connectivity index (χ3n) is 5.95. The number of likely N-dealkylation sites (tertiary alicyclic amines) is 2. The maximum absolute atomic E-state index is 12.9. The molecule has 2 fully saturated rings. The number of carbonyl (C=O) groups excluding carboxylic acids is 2. The van der Waals surface area contributed by atoms with Gasteiger partial charge in [-0.1, -0.05) is 0 Å². The number of nitrogens with zero attached hydrogens (tertiary/aromatic N) is 2. The number of fused-ring (bicyclic) bond motifs is 2. The van der Waals surface area contributed by atoms with E-state index >= 15 is 0 Å². The van der Waals surface area contributed by atoms with Crippen molar-refractivity contribution in [1.82, 2.24) is 9.80 Å². The predicted molar refractivity (Wildman–Crippen MR) is 102 cm³/mol. The van der Waals surface area contributed by atoms with E-state index in [1.165, 1.54) is 4.88 Å². The third-order valence-corrected chi connectivity index (χ3v) is 7.13. The number of piperidine rings is 2. The number of thiophene rings is 1. The van der Waals surface area contributed by atoms with Crippen molar-refractivity contribution >= 4 is 23.2 Å². The lowest BCUT2D eigenvalue weighted by atomic mass is 9.82. The zero-order valence-corrected chi connectivity index (χ0v) is 16.3. The van der Waals surface area contributed by atoms with Crippen molar-refractivity contribution in [3.63, 3.8) is 0 Å². The standard InChI is InChI=1S/C19H27N3O4S/c20-17(24)12-21-7-4-19(5-8-21)14-10-16(27-15(14)3-9-26-19)18(25)22-6-1-2-13(23)11-22/h10,13,23H,1-9,11-12H2,(H2,20,24). The maximum Gasteiger partial charge on any atom is 0.264 e. The molecule has 4 heterocycles. The van der Waals surface area contributed by atoms with Gasteiger partial charge in [0.25, 0.3) is 5.91 Å². The van der Waals surface area contributed by atoms with Gasteiger partial charge in [-0.25, -0.2) is 0 Å². The van der Waals surface area contributed by atoms with E-state index in [4.69, 9.17) is 10.5 Å². The van der Waals surface area contributed by atoms with Gasteiger partial charge in [-0.05, 0) is 37.3 Å². The van der Waals surface area contributed by atoms with E-state index in [0.717, 1.165) is 55.6 Å². The lowest BCUT2D eigenvalue weighted by Crippen LogP contribution is -2.48. The molecule has 0 bridgehead atoms. The van der Waals surface area contributed by atoms with Crippen molar-refractivity contribution < 1.29 is 19.4 Å². The van der Waals surface area contributed by atoms with Crippen LogP contribution in [0.4, 0.5) is 0 Å². The van der Waals surface area contributed by atoms with Crippen LogP contribution in [0, 0.1) is 0 Å². The minimum atomic E-state index is -0.415. The molecular weight excluding hydrogens is 366 g/mol. The van der Waals surface area contributed by atoms with Crippen molar-refractivity contribution in [3.05, 3.63) is 21.4 Å². The second kappa shape index (κ2) is 7.50. The van der Waals surface area contributed by atoms with Crippen LogP contribution in [0.2, 0.25) is 0 Å². The molecule has 27 heavy (non-hydrogen) atoms. The van der Waals surface area contributed by atoms with Crippen LogP contribution in [-0.4, -0.2) is 72.2 Å². The van der Waals surface area contributed by atoms with Gasteiger partial charge in [0.1, 0.15) is 0 Å². The van der Waals surface area contributed by atoms with Gasteiger partial charge in [0.05, 0.1) is 29.7 Å². The number of ether oxygens (including phenoxy) is 1. The molecular formula is C19H27N3O4S. The van der Waals surface area contributed by atoms with Crippen LogP contribution in [-0.2, 0) is 21.6 Å². The highest BCUT2D eigenvalue weighted by Gasteiger charge is 2.42. The molecule has 2 amide bonds. The number of hydrogen-bond acceptors (Lipinski definition) is 6. The smallest absolute Gasteiger partial charge is 0.264 e. The zero-order valence-electron chi connectivity index (χ0n) is 15.5. The number of rotatable bonds is 3. The summed E-state index contributed by atoms with van der Waals surface area (Å²) in [6, 6.07) is 2.02. The summed E-state index contributed by atoms with van der Waals surface area (Å²) < 4.78 is 6.24. The molecule has 4 rings (SSSR count). The monoisotopic (exact) mass is 393 g/mol. The first kappa shape index (κ1) is 18.9. The Kier molecular flexibility index (Phi) is 5.24. The summed E-state index contributed by atoms with van der Waals surface area (Å²) in [4.78, 5) is 29.9. The van der Waals surface area contributed by atoms with Gasteiger partial charge in [0.2, 0.25) is 5.91 Å². The Morgan fingerprint density at radius 3 is 2.81 bits per heavy atom. The molecule has 2 saturated heterocycles. The average Bonchev–Trinajstić information content (AvgIpc) is 3.09. The van der Waals surface area contributed by atoms with E-state index < -0.39 is 6.10 Å². The molecule has 8 heteroatoms. The highest BCUT2D eigenvalue weighted by atomic mass is 32.1. The Labute approximate surface area is 163 Å². The summed E-state index contributed by atoms with van der Waals surface area (Å²) in [6.07, 6.45) is 3.65. The molecule has 7 nitrogen and oxygen atoms in total. The molecule has 1 atom stereocenters. The summed E-state index contributed by atoms with van der Waals surface area (Å²) in [5.74, 6) is -0.280. The molecule has 148 valence electrons. The Morgan fingerprint density at radius 1 is 1.33 bits per heavy atom. The second-order valence-electron chi connectivity index (χ2n) is 7.83. The van der Waals surface area contributed by atoms with E-state index in [9.17, 15) is 14.7 Å². The van der Waals surface area contributed by atoms with Crippen LogP contribution >= 0.6 is 11.3 Å². The van der Waals surface area contributed by atoms with Gasteiger partial charge in [-0.2, -0.15) is 0 Å². The van der Waals surface area contributed by atoms with Gasteiger partial charge in [-0.3, -0.25) is 14.5 Å². The molecule has 0 radical (unpaired) electrons. The van der Waals surface area contributed by atoms with Crippen molar-refractivity contribution in [2.75, 3.05) is 39.3 Å². The number of β-amino-alcohol motifs (C(OH)–C–C–N with tert-alkyl or cyclic N) is 1. The number of aliphatic hydroxyl groups excluding tert-OH is 1. The highest BCUT2D eigenvalue weighted by molar-refractivity contribution is 7.14. The Morgan fingerprint density at radius 2 is 2.11 bits per heavy atom. The van der Waals surface area contributed by atoms with E-state index in [-0.39, 0.29) is 24.0 Å². The Bertz CT molecular complexity index is 727. The number of nitrogens with two attached hydrogens (primary N) is 1. The molecule has 0 aliphatic carbocycles. The van der Waals surface area contributed by atoms with Crippen LogP contribution < -0.4 is 5.73 Å². The van der Waals surface area contributed by atoms with Crippen molar-refractivity contribution in [1.29, 1.82) is 0 Å². The zero-order chi connectivity index (χ0) is 19.0. The summed E-state index contributed by atoms with van der Waals surface area (Å²) in [5.41, 5.74) is 6.12. The van der Waals surface area contributed by atoms with Gasteiger partial charge < -0.3 is 20.5 Å². The van der Waals surface area contributed by atoms with Crippen molar-refractivity contribution in [2.45, 2.75) is 43.8 Å². The number of primary amides is 1. The van der Waals surface area contributed by atoms with E-state index in [1.54, 1.807) is 16.2 Å². The van der Waals surface area contributed by atoms with Gasteiger partial charge in [0, 0.05) is 37.5 Å². The first-order chi connectivity index (χ1) is 13.0. The summed E-state index contributed by atoms with van der Waals surface area (Å²) >= 11 is 1.58. The van der Waals surface area contributed by atoms with Gasteiger partial charge in [-0.15, -0.1) is 11.3 Å². The molecule has 3 N–H and O–H groups in total. The Hall–Kier alpha value is -1.48. The highest BCUT2D eigenvalue weighted by Crippen LogP contribution is 2.44. The third kappa shape index (κ3) is 3.76. The summed E-state index contributed by atoms with van der Waals surface area (Å²) in [7, 11) is 0. The summed E-state index contributed by atoms with van der Waals surface area (Å²) in [5, 5.41) is 9.88. The quantitative estimate of drug-likeness (QED) is 0.788. The first-order valence-corrected chi connectivity index (χ1v) is 10.5. The summed E-state index contributed by atoms with van der Waals surface area (Å²) in [6.45, 7) is 3.61. The predicted octanol–water partition coefficient (Wildman–Crippen LogP) is 0.694. The fourth-order valence-corrected chi connectivity index (χ4v) is 5.72. The van der Waals surface area contributed by atoms with Gasteiger partial charge in [0.15, 0.2) is 0 Å². The number of hydrogen-bond donors (Lipinski definition) is 2. The maximum atomic E-state index is 12.9. The van der Waals surface area contributed by atoms with Crippen LogP contribution in [0.1, 0.15) is 45.8 Å². The minimum absolute atomic E-state index is 0.0227. The van der Waals surface area contributed by atoms with E-state index in [0.29, 0.717) is 19.7 Å². The molecule has 3 aliphatic rings. The van der Waals surface area contributed by atoms with Crippen molar-refractivity contribution in [2.24, 2.45) is 5.73 Å². The largest absolute Gasteiger partial charge is 0.391 e. The average molecular weight is 394 g/mol. The van der Waals surface area contributed by atoms with Crippen LogP contribution in [0.5, 0.6) is 0 Å². The SMILES string of the molecule is NC(=O)CN1CCC2(CC1)OCCc1sc(C(=O)N3CCCC(O)C3)cc12. The second-order valence-corrected chi connectivity index (χ2v) is 8.97. The van der Waals surface area contributed by atoms with Gasteiger partial charge >= 0.3 is 0 Å².